The molecule has 1 unspecified atom stereocenters. The lowest BCUT2D eigenvalue weighted by molar-refractivity contribution is 0.00667. The monoisotopic (exact) mass is 292 g/mol. The van der Waals surface area contributed by atoms with E-state index >= 15 is 0 Å². The van der Waals surface area contributed by atoms with E-state index in [-0.39, 0.29) is 6.10 Å². The summed E-state index contributed by atoms with van der Waals surface area (Å²) < 4.78 is 5.34. The number of hydrogen-bond donors (Lipinski definition) is 1. The average molecular weight is 292 g/mol. The van der Waals surface area contributed by atoms with Crippen LogP contribution in [0.5, 0.6) is 0 Å². The van der Waals surface area contributed by atoms with Gasteiger partial charge < -0.3 is 9.84 Å². The van der Waals surface area contributed by atoms with Gasteiger partial charge in [0.1, 0.15) is 0 Å². The summed E-state index contributed by atoms with van der Waals surface area (Å²) in [5, 5.41) is 10.3. The van der Waals surface area contributed by atoms with Crippen LogP contribution >= 0.6 is 0 Å². The summed E-state index contributed by atoms with van der Waals surface area (Å²) in [5.41, 5.74) is 2.66. The zero-order valence-corrected chi connectivity index (χ0v) is 13.3. The maximum Gasteiger partial charge on any atom is 0.0793 e. The molecule has 4 heteroatoms. The van der Waals surface area contributed by atoms with Crippen molar-refractivity contribution in [1.29, 1.82) is 0 Å². The zero-order chi connectivity index (χ0) is 15.1. The highest BCUT2D eigenvalue weighted by Gasteiger charge is 2.17. The van der Waals surface area contributed by atoms with Crippen molar-refractivity contribution in [2.75, 3.05) is 45.9 Å². The van der Waals surface area contributed by atoms with E-state index in [1.165, 1.54) is 11.1 Å². The van der Waals surface area contributed by atoms with Gasteiger partial charge in [0.15, 0.2) is 0 Å². The smallest absolute Gasteiger partial charge is 0.0793 e. The van der Waals surface area contributed by atoms with Crippen LogP contribution < -0.4 is 0 Å². The molecular formula is C17H28N2O2. The summed E-state index contributed by atoms with van der Waals surface area (Å²) in [6.45, 7) is 11.1. The average Bonchev–Trinajstić information content (AvgIpc) is 2.49. The summed E-state index contributed by atoms with van der Waals surface area (Å²) in [6, 6.07) is 8.47. The quantitative estimate of drug-likeness (QED) is 0.826. The van der Waals surface area contributed by atoms with Crippen molar-refractivity contribution >= 4 is 0 Å². The number of benzene rings is 1. The molecule has 0 saturated carbocycles. The maximum atomic E-state index is 10.3. The molecule has 21 heavy (non-hydrogen) atoms. The van der Waals surface area contributed by atoms with Crippen LogP contribution in [0.4, 0.5) is 0 Å². The number of aryl methyl sites for hydroxylation is 1. The molecule has 0 spiro atoms. The lowest BCUT2D eigenvalue weighted by Crippen LogP contribution is -2.44. The highest BCUT2D eigenvalue weighted by Crippen LogP contribution is 2.11. The van der Waals surface area contributed by atoms with Gasteiger partial charge in [-0.15, -0.1) is 0 Å². The Morgan fingerprint density at radius 3 is 2.67 bits per heavy atom. The standard InChI is InChI=1S/C17H28N2O2/c1-3-18(12-16-7-5-4-6-15(16)2)13-17(20)14-19-8-10-21-11-9-19/h4-7,17,20H,3,8-14H2,1-2H3. The Hall–Kier alpha value is -0.940. The molecule has 4 nitrogen and oxygen atoms in total. The van der Waals surface area contributed by atoms with E-state index in [4.69, 9.17) is 4.74 Å². The minimum atomic E-state index is -0.299. The predicted molar refractivity (Wildman–Crippen MR) is 85.4 cm³/mol. The van der Waals surface area contributed by atoms with Crippen LogP contribution in [-0.4, -0.2) is 66.9 Å². The first-order valence-electron chi connectivity index (χ1n) is 7.94. The summed E-state index contributed by atoms with van der Waals surface area (Å²) in [4.78, 5) is 4.60. The number of morpholine rings is 1. The van der Waals surface area contributed by atoms with Gasteiger partial charge in [-0.2, -0.15) is 0 Å². The minimum absolute atomic E-state index is 0.299. The third kappa shape index (κ3) is 5.40. The molecule has 0 aromatic heterocycles. The van der Waals surface area contributed by atoms with Gasteiger partial charge in [0.2, 0.25) is 0 Å². The van der Waals surface area contributed by atoms with E-state index in [1.54, 1.807) is 0 Å². The summed E-state index contributed by atoms with van der Waals surface area (Å²) >= 11 is 0. The highest BCUT2D eigenvalue weighted by atomic mass is 16.5. The normalized spacial score (nSPS) is 18.1. The van der Waals surface area contributed by atoms with Crippen molar-refractivity contribution in [3.05, 3.63) is 35.4 Å². The van der Waals surface area contributed by atoms with Gasteiger partial charge in [-0.25, -0.2) is 0 Å². The van der Waals surface area contributed by atoms with Gasteiger partial charge in [0.05, 0.1) is 19.3 Å². The van der Waals surface area contributed by atoms with Crippen molar-refractivity contribution in [3.63, 3.8) is 0 Å². The first-order chi connectivity index (χ1) is 10.2. The zero-order valence-electron chi connectivity index (χ0n) is 13.3. The Morgan fingerprint density at radius 1 is 1.29 bits per heavy atom. The number of β-amino-alcohol motifs (C(OH)–C–C–N with tert-alkyl or cyclic N) is 1. The first kappa shape index (κ1) is 16.4. The van der Waals surface area contributed by atoms with Gasteiger partial charge in [0.25, 0.3) is 0 Å². The van der Waals surface area contributed by atoms with Gasteiger partial charge >= 0.3 is 0 Å². The van der Waals surface area contributed by atoms with Crippen LogP contribution in [0, 0.1) is 6.92 Å². The Kier molecular flexibility index (Phi) is 6.64. The molecule has 1 fully saturated rings. The molecule has 118 valence electrons. The SMILES string of the molecule is CCN(Cc1ccccc1C)CC(O)CN1CCOCC1. The molecule has 0 amide bonds. The van der Waals surface area contributed by atoms with Gasteiger partial charge in [0, 0.05) is 32.7 Å². The Bertz CT molecular complexity index is 419. The summed E-state index contributed by atoms with van der Waals surface area (Å²) in [5.74, 6) is 0. The Labute approximate surface area is 128 Å². The van der Waals surface area contributed by atoms with Crippen LogP contribution in [0.2, 0.25) is 0 Å². The van der Waals surface area contributed by atoms with Gasteiger partial charge in [-0.05, 0) is 24.6 Å². The molecule has 1 aromatic rings. The number of nitrogens with zero attached hydrogens (tertiary/aromatic N) is 2. The molecule has 1 aliphatic heterocycles. The molecule has 0 radical (unpaired) electrons. The van der Waals surface area contributed by atoms with Crippen LogP contribution in [0.3, 0.4) is 0 Å². The minimum Gasteiger partial charge on any atom is -0.390 e. The third-order valence-corrected chi connectivity index (χ3v) is 4.14. The number of rotatable bonds is 7. The second kappa shape index (κ2) is 8.49. The van der Waals surface area contributed by atoms with Crippen LogP contribution in [-0.2, 0) is 11.3 Å². The second-order valence-corrected chi connectivity index (χ2v) is 5.82. The van der Waals surface area contributed by atoms with Crippen molar-refractivity contribution < 1.29 is 9.84 Å². The van der Waals surface area contributed by atoms with Crippen molar-refractivity contribution in [3.8, 4) is 0 Å². The highest BCUT2D eigenvalue weighted by molar-refractivity contribution is 5.25. The van der Waals surface area contributed by atoms with Crippen molar-refractivity contribution in [2.24, 2.45) is 0 Å². The second-order valence-electron chi connectivity index (χ2n) is 5.82. The number of aliphatic hydroxyl groups is 1. The largest absolute Gasteiger partial charge is 0.390 e. The number of ether oxygens (including phenoxy) is 1. The molecule has 1 N–H and O–H groups in total. The van der Waals surface area contributed by atoms with E-state index < -0.39 is 0 Å². The van der Waals surface area contributed by atoms with Gasteiger partial charge in [-0.3, -0.25) is 9.80 Å². The molecule has 1 heterocycles. The number of aliphatic hydroxyl groups excluding tert-OH is 1. The number of hydrogen-bond acceptors (Lipinski definition) is 4. The van der Waals surface area contributed by atoms with Crippen LogP contribution in [0.25, 0.3) is 0 Å². The van der Waals surface area contributed by atoms with Crippen molar-refractivity contribution in [1.82, 2.24) is 9.80 Å². The molecule has 0 aliphatic carbocycles. The van der Waals surface area contributed by atoms with E-state index in [1.807, 2.05) is 0 Å². The van der Waals surface area contributed by atoms with Crippen molar-refractivity contribution in [2.45, 2.75) is 26.5 Å². The number of likely N-dealkylation sites (N-methyl/N-ethyl adjacent to an activating group) is 1. The molecule has 1 saturated heterocycles. The van der Waals surface area contributed by atoms with Gasteiger partial charge in [-0.1, -0.05) is 31.2 Å². The van der Waals surface area contributed by atoms with E-state index in [0.717, 1.165) is 52.5 Å². The third-order valence-electron chi connectivity index (χ3n) is 4.14. The first-order valence-corrected chi connectivity index (χ1v) is 7.94. The fourth-order valence-corrected chi connectivity index (χ4v) is 2.77. The fourth-order valence-electron chi connectivity index (χ4n) is 2.77. The molecule has 0 bridgehead atoms. The van der Waals surface area contributed by atoms with E-state index in [0.29, 0.717) is 0 Å². The van der Waals surface area contributed by atoms with E-state index in [2.05, 4.69) is 47.9 Å². The molecule has 2 rings (SSSR count). The fraction of sp³-hybridized carbons (Fsp3) is 0.647. The maximum absolute atomic E-state index is 10.3. The topological polar surface area (TPSA) is 35.9 Å². The molecule has 1 aliphatic rings. The van der Waals surface area contributed by atoms with Crippen LogP contribution in [0.15, 0.2) is 24.3 Å². The molecule has 1 atom stereocenters. The van der Waals surface area contributed by atoms with Crippen LogP contribution in [0.1, 0.15) is 18.1 Å². The summed E-state index contributed by atoms with van der Waals surface area (Å²) in [7, 11) is 0. The Morgan fingerprint density at radius 2 is 2.00 bits per heavy atom. The predicted octanol–water partition coefficient (Wildman–Crippen LogP) is 1.51. The van der Waals surface area contributed by atoms with E-state index in [9.17, 15) is 5.11 Å². The molecular weight excluding hydrogens is 264 g/mol. The lowest BCUT2D eigenvalue weighted by atomic mass is 10.1. The lowest BCUT2D eigenvalue weighted by Gasteiger charge is -2.31. The molecule has 1 aromatic carbocycles. The Balaban J connectivity index is 1.82. The summed E-state index contributed by atoms with van der Waals surface area (Å²) in [6.07, 6.45) is -0.299.